The van der Waals surface area contributed by atoms with Gasteiger partial charge in [-0.2, -0.15) is 0 Å². The minimum atomic E-state index is -2.85. The van der Waals surface area contributed by atoms with Crippen LogP contribution in [0, 0.1) is 0 Å². The Balaban J connectivity index is 1.75. The molecule has 0 atom stereocenters. The Morgan fingerprint density at radius 2 is 1.00 bits per heavy atom. The normalized spacial score (nSPS) is 12.1. The lowest BCUT2D eigenvalue weighted by atomic mass is 9.99. The molecule has 31 heavy (non-hydrogen) atoms. The second kappa shape index (κ2) is 9.73. The second-order valence-electron chi connectivity index (χ2n) is 7.66. The molecular formula is C28H26NOP. The molecule has 154 valence electrons. The van der Waals surface area contributed by atoms with Gasteiger partial charge in [0.1, 0.15) is 7.14 Å². The molecule has 0 amide bonds. The summed E-state index contributed by atoms with van der Waals surface area (Å²) in [6.07, 6.45) is 0.414. The fourth-order valence-electron chi connectivity index (χ4n) is 3.86. The van der Waals surface area contributed by atoms with Gasteiger partial charge in [-0.3, -0.25) is 4.99 Å². The van der Waals surface area contributed by atoms with Crippen molar-refractivity contribution in [2.24, 2.45) is 4.99 Å². The first kappa shape index (κ1) is 21.0. The van der Waals surface area contributed by atoms with Gasteiger partial charge in [0, 0.05) is 22.5 Å². The molecule has 0 saturated heterocycles. The van der Waals surface area contributed by atoms with Crippen molar-refractivity contribution in [2.75, 3.05) is 6.16 Å². The molecule has 3 heteroatoms. The van der Waals surface area contributed by atoms with Gasteiger partial charge in [0.05, 0.1) is 6.04 Å². The topological polar surface area (TPSA) is 29.4 Å². The highest BCUT2D eigenvalue weighted by atomic mass is 31.2. The van der Waals surface area contributed by atoms with Crippen molar-refractivity contribution < 1.29 is 4.57 Å². The molecule has 0 aromatic heterocycles. The summed E-state index contributed by atoms with van der Waals surface area (Å²) in [6.45, 7) is 2.00. The van der Waals surface area contributed by atoms with E-state index in [0.717, 1.165) is 27.4 Å². The second-order valence-corrected chi connectivity index (χ2v) is 10.5. The minimum Gasteiger partial charge on any atom is -0.313 e. The smallest absolute Gasteiger partial charge is 0.148 e. The third-order valence-electron chi connectivity index (χ3n) is 5.38. The number of hydrogen-bond acceptors (Lipinski definition) is 2. The fourth-order valence-corrected chi connectivity index (χ4v) is 6.56. The summed E-state index contributed by atoms with van der Waals surface area (Å²) in [4.78, 5) is 5.10. The zero-order valence-corrected chi connectivity index (χ0v) is 18.5. The van der Waals surface area contributed by atoms with Gasteiger partial charge in [-0.05, 0) is 18.1 Å². The van der Waals surface area contributed by atoms with Crippen LogP contribution in [-0.2, 0) is 4.57 Å². The maximum absolute atomic E-state index is 14.4. The molecule has 0 unspecified atom stereocenters. The number of aliphatic imine (C=N–C) groups is 1. The molecule has 0 spiro atoms. The third-order valence-corrected chi connectivity index (χ3v) is 8.55. The van der Waals surface area contributed by atoms with Crippen LogP contribution in [0.1, 0.15) is 24.1 Å². The van der Waals surface area contributed by atoms with E-state index in [9.17, 15) is 4.57 Å². The summed E-state index contributed by atoms with van der Waals surface area (Å²) in [7, 11) is -2.85. The lowest BCUT2D eigenvalue weighted by Crippen LogP contribution is -2.21. The van der Waals surface area contributed by atoms with E-state index in [0.29, 0.717) is 6.16 Å². The summed E-state index contributed by atoms with van der Waals surface area (Å²) in [6, 6.07) is 40.0. The first-order valence-electron chi connectivity index (χ1n) is 10.5. The molecule has 0 aliphatic rings. The Morgan fingerprint density at radius 1 is 0.645 bits per heavy atom. The average Bonchev–Trinajstić information content (AvgIpc) is 2.84. The predicted octanol–water partition coefficient (Wildman–Crippen LogP) is 6.25. The van der Waals surface area contributed by atoms with E-state index >= 15 is 0 Å². The summed E-state index contributed by atoms with van der Waals surface area (Å²) >= 11 is 0. The number of benzene rings is 4. The van der Waals surface area contributed by atoms with Crippen LogP contribution in [0.4, 0.5) is 0 Å². The van der Waals surface area contributed by atoms with Gasteiger partial charge in [0.2, 0.25) is 0 Å². The maximum atomic E-state index is 14.4. The molecule has 0 aliphatic heterocycles. The Morgan fingerprint density at radius 3 is 1.39 bits per heavy atom. The van der Waals surface area contributed by atoms with E-state index in [1.54, 1.807) is 0 Å². The summed E-state index contributed by atoms with van der Waals surface area (Å²) in [5.41, 5.74) is 3.14. The van der Waals surface area contributed by atoms with Crippen LogP contribution in [0.15, 0.2) is 126 Å². The highest BCUT2D eigenvalue weighted by Gasteiger charge is 2.28. The van der Waals surface area contributed by atoms with Gasteiger partial charge in [-0.25, -0.2) is 0 Å². The largest absolute Gasteiger partial charge is 0.313 e. The van der Waals surface area contributed by atoms with E-state index in [4.69, 9.17) is 4.99 Å². The average molecular weight is 423 g/mol. The number of hydrogen-bond donors (Lipinski definition) is 0. The van der Waals surface area contributed by atoms with Crippen LogP contribution in [-0.4, -0.2) is 11.9 Å². The van der Waals surface area contributed by atoms with Crippen molar-refractivity contribution in [1.82, 2.24) is 0 Å². The molecule has 4 aromatic carbocycles. The monoisotopic (exact) mass is 423 g/mol. The molecule has 0 aliphatic carbocycles. The third kappa shape index (κ3) is 4.93. The van der Waals surface area contributed by atoms with Crippen molar-refractivity contribution >= 4 is 23.5 Å². The Hall–Kier alpha value is -3.22. The highest BCUT2D eigenvalue weighted by Crippen LogP contribution is 2.43. The standard InChI is InChI=1S/C28H26NOP/c1-23(29-28(24-14-6-2-7-15-24)25-16-8-3-9-17-25)22-31(30,26-18-10-4-11-19-26)27-20-12-5-13-21-27/h2-21,28H,22H2,1H3. The van der Waals surface area contributed by atoms with Gasteiger partial charge in [-0.15, -0.1) is 0 Å². The van der Waals surface area contributed by atoms with Crippen LogP contribution in [0.25, 0.3) is 0 Å². The molecule has 0 radical (unpaired) electrons. The molecule has 0 bridgehead atoms. The van der Waals surface area contributed by atoms with Crippen LogP contribution >= 0.6 is 7.14 Å². The molecule has 2 nitrogen and oxygen atoms in total. The van der Waals surface area contributed by atoms with Crippen LogP contribution in [0.3, 0.4) is 0 Å². The molecule has 0 heterocycles. The van der Waals surface area contributed by atoms with E-state index in [1.165, 1.54) is 0 Å². The van der Waals surface area contributed by atoms with E-state index < -0.39 is 7.14 Å². The molecule has 0 N–H and O–H groups in total. The first-order chi connectivity index (χ1) is 15.2. The minimum absolute atomic E-state index is 0.123. The number of nitrogens with zero attached hydrogens (tertiary/aromatic N) is 1. The van der Waals surface area contributed by atoms with Crippen molar-refractivity contribution in [1.29, 1.82) is 0 Å². The van der Waals surface area contributed by atoms with Gasteiger partial charge < -0.3 is 4.57 Å². The lowest BCUT2D eigenvalue weighted by molar-refractivity contribution is 0.589. The molecule has 4 rings (SSSR count). The van der Waals surface area contributed by atoms with Crippen LogP contribution < -0.4 is 10.6 Å². The van der Waals surface area contributed by atoms with Gasteiger partial charge in [-0.1, -0.05) is 121 Å². The summed E-state index contributed by atoms with van der Waals surface area (Å²) < 4.78 is 14.4. The van der Waals surface area contributed by atoms with Crippen molar-refractivity contribution in [2.45, 2.75) is 13.0 Å². The Labute approximate surface area is 184 Å². The lowest BCUT2D eigenvalue weighted by Gasteiger charge is -2.21. The van der Waals surface area contributed by atoms with Gasteiger partial charge >= 0.3 is 0 Å². The molecular weight excluding hydrogens is 397 g/mol. The van der Waals surface area contributed by atoms with Crippen LogP contribution in [0.2, 0.25) is 0 Å². The first-order valence-corrected chi connectivity index (χ1v) is 12.4. The molecule has 4 aromatic rings. The fraction of sp³-hybridized carbons (Fsp3) is 0.107. The maximum Gasteiger partial charge on any atom is 0.148 e. The Bertz CT molecular complexity index is 1090. The summed E-state index contributed by atoms with van der Waals surface area (Å²) in [5, 5.41) is 1.73. The van der Waals surface area contributed by atoms with Crippen LogP contribution in [0.5, 0.6) is 0 Å². The molecule has 0 saturated carbocycles. The summed E-state index contributed by atoms with van der Waals surface area (Å²) in [5.74, 6) is 0. The highest BCUT2D eigenvalue weighted by molar-refractivity contribution is 7.79. The van der Waals surface area contributed by atoms with Crippen molar-refractivity contribution in [3.63, 3.8) is 0 Å². The predicted molar refractivity (Wildman–Crippen MR) is 132 cm³/mol. The zero-order chi connectivity index (χ0) is 21.5. The molecule has 0 fully saturated rings. The van der Waals surface area contributed by atoms with Crippen molar-refractivity contribution in [3.8, 4) is 0 Å². The Kier molecular flexibility index (Phi) is 6.60. The SMILES string of the molecule is CC(CP(=O)(c1ccccc1)c1ccccc1)=NC(c1ccccc1)c1ccccc1. The van der Waals surface area contributed by atoms with E-state index in [-0.39, 0.29) is 6.04 Å². The van der Waals surface area contributed by atoms with Gasteiger partial charge in [0.25, 0.3) is 0 Å². The van der Waals surface area contributed by atoms with Crippen molar-refractivity contribution in [3.05, 3.63) is 132 Å². The van der Waals surface area contributed by atoms with E-state index in [2.05, 4.69) is 24.3 Å². The van der Waals surface area contributed by atoms with Gasteiger partial charge in [0.15, 0.2) is 0 Å². The number of rotatable bonds is 7. The quantitative estimate of drug-likeness (QED) is 0.255. The van der Waals surface area contributed by atoms with E-state index in [1.807, 2.05) is 104 Å². The zero-order valence-electron chi connectivity index (χ0n) is 17.6.